The normalized spacial score (nSPS) is 11.4. The Labute approximate surface area is 184 Å². The van der Waals surface area contributed by atoms with Crippen LogP contribution < -0.4 is 16.0 Å². The molecule has 170 valence electrons. The van der Waals surface area contributed by atoms with Crippen molar-refractivity contribution in [2.45, 2.75) is 38.5 Å². The van der Waals surface area contributed by atoms with Gasteiger partial charge in [-0.2, -0.15) is 4.31 Å². The zero-order chi connectivity index (χ0) is 22.9. The number of rotatable bonds is 12. The van der Waals surface area contributed by atoms with E-state index < -0.39 is 15.8 Å². The maximum absolute atomic E-state index is 13.3. The predicted molar refractivity (Wildman–Crippen MR) is 123 cm³/mol. The molecule has 0 radical (unpaired) electrons. The summed E-state index contributed by atoms with van der Waals surface area (Å²) in [4.78, 5) is 12.5. The van der Waals surface area contributed by atoms with Crippen LogP contribution in [0.3, 0.4) is 0 Å². The van der Waals surface area contributed by atoms with Gasteiger partial charge in [-0.1, -0.05) is 33.3 Å². The second-order valence-corrected chi connectivity index (χ2v) is 8.93. The molecule has 0 saturated carbocycles. The van der Waals surface area contributed by atoms with Gasteiger partial charge in [-0.25, -0.2) is 12.8 Å². The lowest BCUT2D eigenvalue weighted by Gasteiger charge is -2.20. The molecule has 3 N–H and O–H groups in total. The molecule has 0 unspecified atom stereocenters. The highest BCUT2D eigenvalue weighted by molar-refractivity contribution is 7.89. The summed E-state index contributed by atoms with van der Waals surface area (Å²) in [6.45, 7) is 7.02. The largest absolute Gasteiger partial charge is 0.383 e. The van der Waals surface area contributed by atoms with Crippen LogP contribution in [-0.4, -0.2) is 44.8 Å². The Bertz CT molecular complexity index is 978. The minimum absolute atomic E-state index is 0.103. The van der Waals surface area contributed by atoms with E-state index in [4.69, 9.17) is 0 Å². The summed E-state index contributed by atoms with van der Waals surface area (Å²) in [5.41, 5.74) is 1.58. The number of amides is 1. The highest BCUT2D eigenvalue weighted by Gasteiger charge is 2.22. The summed E-state index contributed by atoms with van der Waals surface area (Å²) in [7, 11) is -3.63. The number of nitrogens with zero attached hydrogens (tertiary/aromatic N) is 1. The summed E-state index contributed by atoms with van der Waals surface area (Å²) in [5, 5.41) is 8.91. The van der Waals surface area contributed by atoms with Gasteiger partial charge in [-0.3, -0.25) is 4.79 Å². The maximum atomic E-state index is 13.3. The van der Waals surface area contributed by atoms with E-state index in [0.29, 0.717) is 30.2 Å². The summed E-state index contributed by atoms with van der Waals surface area (Å²) in [6.07, 6.45) is 1.97. The predicted octanol–water partition coefficient (Wildman–Crippen LogP) is 4.12. The van der Waals surface area contributed by atoms with Crippen LogP contribution in [0.5, 0.6) is 0 Å². The Morgan fingerprint density at radius 2 is 1.74 bits per heavy atom. The highest BCUT2D eigenvalue weighted by atomic mass is 32.2. The first kappa shape index (κ1) is 24.6. The van der Waals surface area contributed by atoms with Crippen molar-refractivity contribution in [3.05, 3.63) is 48.3 Å². The van der Waals surface area contributed by atoms with E-state index in [1.54, 1.807) is 32.0 Å². The summed E-state index contributed by atoms with van der Waals surface area (Å²) in [5.74, 6) is -0.815. The molecule has 1 amide bonds. The third-order valence-corrected chi connectivity index (χ3v) is 6.77. The van der Waals surface area contributed by atoms with Crippen LogP contribution in [0.2, 0.25) is 0 Å². The molecule has 0 aromatic heterocycles. The minimum Gasteiger partial charge on any atom is -0.383 e. The molecular weight excluding hydrogens is 419 g/mol. The quantitative estimate of drug-likeness (QED) is 0.423. The number of benzene rings is 2. The van der Waals surface area contributed by atoms with E-state index in [0.717, 1.165) is 19.4 Å². The molecule has 9 heteroatoms. The fourth-order valence-corrected chi connectivity index (χ4v) is 4.53. The van der Waals surface area contributed by atoms with Gasteiger partial charge in [-0.05, 0) is 42.8 Å². The van der Waals surface area contributed by atoms with Gasteiger partial charge >= 0.3 is 0 Å². The van der Waals surface area contributed by atoms with Gasteiger partial charge in [0.05, 0.1) is 22.8 Å². The van der Waals surface area contributed by atoms with Crippen molar-refractivity contribution in [3.63, 3.8) is 0 Å². The molecule has 2 rings (SSSR count). The molecule has 2 aromatic carbocycles. The van der Waals surface area contributed by atoms with E-state index in [9.17, 15) is 17.6 Å². The van der Waals surface area contributed by atoms with Gasteiger partial charge in [0.15, 0.2) is 0 Å². The van der Waals surface area contributed by atoms with E-state index in [1.165, 1.54) is 28.6 Å². The Hall–Kier alpha value is -2.65. The number of carbonyl (C=O) groups is 1. The van der Waals surface area contributed by atoms with Crippen molar-refractivity contribution >= 4 is 33.0 Å². The fourth-order valence-electron chi connectivity index (χ4n) is 3.04. The lowest BCUT2D eigenvalue weighted by molar-refractivity contribution is -0.114. The first-order chi connectivity index (χ1) is 14.8. The van der Waals surface area contributed by atoms with E-state index in [-0.39, 0.29) is 17.3 Å². The van der Waals surface area contributed by atoms with E-state index >= 15 is 0 Å². The van der Waals surface area contributed by atoms with Crippen LogP contribution >= 0.6 is 0 Å². The lowest BCUT2D eigenvalue weighted by atomic mass is 10.2. The average molecular weight is 451 g/mol. The third-order valence-electron chi connectivity index (χ3n) is 4.73. The highest BCUT2D eigenvalue weighted by Crippen LogP contribution is 2.27. The van der Waals surface area contributed by atoms with Gasteiger partial charge < -0.3 is 16.0 Å². The summed E-state index contributed by atoms with van der Waals surface area (Å²) in [6, 6.07) is 10.4. The van der Waals surface area contributed by atoms with Crippen molar-refractivity contribution in [2.24, 2.45) is 0 Å². The second kappa shape index (κ2) is 11.7. The molecule has 0 spiro atoms. The van der Waals surface area contributed by atoms with Crippen LogP contribution in [0.15, 0.2) is 47.4 Å². The van der Waals surface area contributed by atoms with Gasteiger partial charge in [0.1, 0.15) is 5.82 Å². The smallest absolute Gasteiger partial charge is 0.243 e. The van der Waals surface area contributed by atoms with Gasteiger partial charge in [0.2, 0.25) is 15.9 Å². The molecule has 0 aliphatic carbocycles. The van der Waals surface area contributed by atoms with Gasteiger partial charge in [-0.15, -0.1) is 0 Å². The van der Waals surface area contributed by atoms with Gasteiger partial charge in [0, 0.05) is 25.3 Å². The average Bonchev–Trinajstić information content (AvgIpc) is 2.73. The van der Waals surface area contributed by atoms with E-state index in [2.05, 4.69) is 22.9 Å². The minimum atomic E-state index is -3.63. The molecular formula is C22H31FN4O3S. The van der Waals surface area contributed by atoms with Gasteiger partial charge in [0.25, 0.3) is 0 Å². The number of unbranched alkanes of at least 4 members (excludes halogenated alkanes) is 1. The molecule has 31 heavy (non-hydrogen) atoms. The van der Waals surface area contributed by atoms with Crippen LogP contribution in [-0.2, 0) is 14.8 Å². The number of anilines is 3. The van der Waals surface area contributed by atoms with Crippen LogP contribution in [0.4, 0.5) is 21.5 Å². The SMILES string of the molecule is CCCCNc1ccc(S(=O)(=O)N(CC)CC)cc1NCC(=O)Nc1cccc(F)c1. The Kier molecular flexibility index (Phi) is 9.26. The number of sulfonamides is 1. The monoisotopic (exact) mass is 450 g/mol. The molecule has 0 fully saturated rings. The van der Waals surface area contributed by atoms with E-state index in [1.807, 2.05) is 0 Å². The first-order valence-corrected chi connectivity index (χ1v) is 11.9. The lowest BCUT2D eigenvalue weighted by Crippen LogP contribution is -2.30. The van der Waals surface area contributed by atoms with Crippen molar-refractivity contribution in [1.29, 1.82) is 0 Å². The van der Waals surface area contributed by atoms with Crippen molar-refractivity contribution in [3.8, 4) is 0 Å². The molecule has 0 aliphatic heterocycles. The maximum Gasteiger partial charge on any atom is 0.243 e. The number of carbonyl (C=O) groups excluding carboxylic acids is 1. The molecule has 0 aliphatic rings. The second-order valence-electron chi connectivity index (χ2n) is 6.99. The number of hydrogen-bond donors (Lipinski definition) is 3. The Morgan fingerprint density at radius 1 is 1.00 bits per heavy atom. The molecule has 0 bridgehead atoms. The molecule has 0 saturated heterocycles. The zero-order valence-corrected chi connectivity index (χ0v) is 19.1. The Morgan fingerprint density at radius 3 is 2.39 bits per heavy atom. The molecule has 0 heterocycles. The summed E-state index contributed by atoms with van der Waals surface area (Å²) >= 11 is 0. The third kappa shape index (κ3) is 6.93. The Balaban J connectivity index is 2.21. The number of nitrogens with one attached hydrogen (secondary N) is 3. The van der Waals surface area contributed by atoms with Crippen LogP contribution in [0.25, 0.3) is 0 Å². The number of hydrogen-bond acceptors (Lipinski definition) is 5. The topological polar surface area (TPSA) is 90.5 Å². The zero-order valence-electron chi connectivity index (χ0n) is 18.2. The molecule has 2 aromatic rings. The van der Waals surface area contributed by atoms with Crippen LogP contribution in [0, 0.1) is 5.82 Å². The fraction of sp³-hybridized carbons (Fsp3) is 0.409. The van der Waals surface area contributed by atoms with Crippen molar-refractivity contribution in [1.82, 2.24) is 4.31 Å². The van der Waals surface area contributed by atoms with Crippen molar-refractivity contribution in [2.75, 3.05) is 42.1 Å². The first-order valence-electron chi connectivity index (χ1n) is 10.5. The standard InChI is InChI=1S/C22H31FN4O3S/c1-4-7-13-24-20-12-11-19(31(29,30)27(5-2)6-3)15-21(20)25-16-22(28)26-18-10-8-9-17(23)14-18/h8-12,14-15,24-25H,4-7,13,16H2,1-3H3,(H,26,28). The summed E-state index contributed by atoms with van der Waals surface area (Å²) < 4.78 is 40.5. The van der Waals surface area contributed by atoms with Crippen LogP contribution in [0.1, 0.15) is 33.6 Å². The molecule has 0 atom stereocenters. The van der Waals surface area contributed by atoms with Crippen molar-refractivity contribution < 1.29 is 17.6 Å². The number of halogens is 1. The molecule has 7 nitrogen and oxygen atoms in total.